The SMILES string of the molecule is CCCCC[C@H]1CC[C@H](c2c(F)c(F)c(C)c(F)c2Oc2ccccc2-c2cc(F)c(F)c(F)c2)CC1. The van der Waals surface area contributed by atoms with Gasteiger partial charge in [0.1, 0.15) is 5.75 Å². The molecule has 3 aromatic rings. The summed E-state index contributed by atoms with van der Waals surface area (Å²) in [4.78, 5) is 0. The summed E-state index contributed by atoms with van der Waals surface area (Å²) in [6.45, 7) is 3.27. The maximum Gasteiger partial charge on any atom is 0.194 e. The lowest BCUT2D eigenvalue weighted by molar-refractivity contribution is 0.291. The Hall–Kier alpha value is -2.96. The molecule has 37 heavy (non-hydrogen) atoms. The van der Waals surface area contributed by atoms with E-state index in [1.54, 1.807) is 12.1 Å². The molecule has 1 nitrogen and oxygen atoms in total. The van der Waals surface area contributed by atoms with Gasteiger partial charge in [-0.05, 0) is 68.2 Å². The van der Waals surface area contributed by atoms with Crippen molar-refractivity contribution in [1.29, 1.82) is 0 Å². The summed E-state index contributed by atoms with van der Waals surface area (Å²) in [5, 5.41) is 0. The van der Waals surface area contributed by atoms with E-state index in [1.807, 2.05) is 0 Å². The molecule has 4 rings (SSSR count). The molecule has 0 amide bonds. The van der Waals surface area contributed by atoms with Crippen molar-refractivity contribution in [2.24, 2.45) is 5.92 Å². The van der Waals surface area contributed by atoms with Gasteiger partial charge in [-0.2, -0.15) is 0 Å². The molecule has 0 aliphatic heterocycles. The van der Waals surface area contributed by atoms with Gasteiger partial charge < -0.3 is 4.74 Å². The van der Waals surface area contributed by atoms with Gasteiger partial charge in [-0.25, -0.2) is 26.3 Å². The van der Waals surface area contributed by atoms with Gasteiger partial charge in [-0.15, -0.1) is 0 Å². The molecule has 0 spiro atoms. The van der Waals surface area contributed by atoms with Gasteiger partial charge >= 0.3 is 0 Å². The molecule has 1 fully saturated rings. The Morgan fingerprint density at radius 2 is 1.43 bits per heavy atom. The van der Waals surface area contributed by atoms with E-state index >= 15 is 8.78 Å². The fraction of sp³-hybridized carbons (Fsp3) is 0.400. The fourth-order valence-corrected chi connectivity index (χ4v) is 5.27. The Labute approximate surface area is 213 Å². The maximum atomic E-state index is 15.4. The quantitative estimate of drug-likeness (QED) is 0.124. The first kappa shape index (κ1) is 27.1. The van der Waals surface area contributed by atoms with Crippen LogP contribution < -0.4 is 4.74 Å². The monoisotopic (exact) mass is 520 g/mol. The Morgan fingerprint density at radius 3 is 2.08 bits per heavy atom. The lowest BCUT2D eigenvalue weighted by atomic mass is 9.76. The number of para-hydroxylation sites is 1. The van der Waals surface area contributed by atoms with Crippen molar-refractivity contribution in [2.75, 3.05) is 0 Å². The molecule has 198 valence electrons. The predicted molar refractivity (Wildman–Crippen MR) is 132 cm³/mol. The number of rotatable bonds is 8. The van der Waals surface area contributed by atoms with E-state index in [4.69, 9.17) is 4.74 Å². The van der Waals surface area contributed by atoms with Crippen LogP contribution in [0.5, 0.6) is 11.5 Å². The number of ether oxygens (including phenoxy) is 1. The topological polar surface area (TPSA) is 9.23 Å². The molecule has 3 aromatic carbocycles. The highest BCUT2D eigenvalue weighted by atomic mass is 19.2. The second-order valence-electron chi connectivity index (χ2n) is 9.88. The van der Waals surface area contributed by atoms with Crippen molar-refractivity contribution in [2.45, 2.75) is 71.1 Å². The summed E-state index contributed by atoms with van der Waals surface area (Å²) >= 11 is 0. The normalized spacial score (nSPS) is 17.7. The van der Waals surface area contributed by atoms with Crippen molar-refractivity contribution in [1.82, 2.24) is 0 Å². The zero-order chi connectivity index (χ0) is 26.7. The average Bonchev–Trinajstić information content (AvgIpc) is 2.90. The predicted octanol–water partition coefficient (Wildman–Crippen LogP) is 10.1. The molecule has 0 radical (unpaired) electrons. The minimum absolute atomic E-state index is 0.0216. The zero-order valence-electron chi connectivity index (χ0n) is 21.0. The summed E-state index contributed by atoms with van der Waals surface area (Å²) in [6, 6.07) is 7.62. The zero-order valence-corrected chi connectivity index (χ0v) is 21.0. The van der Waals surface area contributed by atoms with Crippen LogP contribution in [0.2, 0.25) is 0 Å². The number of hydrogen-bond acceptors (Lipinski definition) is 1. The van der Waals surface area contributed by atoms with Gasteiger partial charge in [0.2, 0.25) is 0 Å². The summed E-state index contributed by atoms with van der Waals surface area (Å²) in [5.74, 6) is -8.20. The first-order chi connectivity index (χ1) is 17.7. The van der Waals surface area contributed by atoms with Gasteiger partial charge in [0.25, 0.3) is 0 Å². The van der Waals surface area contributed by atoms with Crippen LogP contribution in [0, 0.1) is 47.7 Å². The van der Waals surface area contributed by atoms with Crippen molar-refractivity contribution in [3.63, 3.8) is 0 Å². The molecule has 0 N–H and O–H groups in total. The third-order valence-corrected chi connectivity index (χ3v) is 7.40. The highest BCUT2D eigenvalue weighted by Gasteiger charge is 2.32. The van der Waals surface area contributed by atoms with E-state index in [2.05, 4.69) is 6.92 Å². The first-order valence-corrected chi connectivity index (χ1v) is 12.8. The Bertz CT molecular complexity index is 1240. The largest absolute Gasteiger partial charge is 0.453 e. The van der Waals surface area contributed by atoms with E-state index in [1.165, 1.54) is 12.1 Å². The van der Waals surface area contributed by atoms with Gasteiger partial charge in [0, 0.05) is 16.7 Å². The van der Waals surface area contributed by atoms with Crippen LogP contribution in [-0.2, 0) is 0 Å². The van der Waals surface area contributed by atoms with Crippen LogP contribution in [0.1, 0.15) is 75.3 Å². The summed E-state index contributed by atoms with van der Waals surface area (Å²) in [7, 11) is 0. The summed E-state index contributed by atoms with van der Waals surface area (Å²) in [5.41, 5.74) is -0.562. The Balaban J connectivity index is 1.71. The number of halogens is 6. The first-order valence-electron chi connectivity index (χ1n) is 12.8. The smallest absolute Gasteiger partial charge is 0.194 e. The van der Waals surface area contributed by atoms with Crippen LogP contribution in [0.15, 0.2) is 36.4 Å². The molecule has 7 heteroatoms. The molecule has 0 heterocycles. The van der Waals surface area contributed by atoms with Gasteiger partial charge in [0.05, 0.1) is 0 Å². The second kappa shape index (κ2) is 11.6. The molecule has 1 saturated carbocycles. The number of unbranched alkanes of at least 4 members (excludes halogenated alkanes) is 2. The van der Waals surface area contributed by atoms with Crippen LogP contribution in [0.3, 0.4) is 0 Å². The molecular weight excluding hydrogens is 490 g/mol. The van der Waals surface area contributed by atoms with E-state index in [0.717, 1.165) is 57.6 Å². The van der Waals surface area contributed by atoms with E-state index in [0.29, 0.717) is 18.8 Å². The minimum atomic E-state index is -1.61. The van der Waals surface area contributed by atoms with Crippen molar-refractivity contribution >= 4 is 0 Å². The van der Waals surface area contributed by atoms with Crippen molar-refractivity contribution in [3.05, 3.63) is 82.4 Å². The standard InChI is InChI=1S/C30H30F6O/c1-3-4-5-8-18-11-13-19(14-12-18)25-29(36)26(33)17(2)27(34)30(25)37-24-10-7-6-9-21(24)20-15-22(31)28(35)23(32)16-20/h6-7,9-10,15-16,18-19H,3-5,8,11-14H2,1-2H3/t18-,19-. The highest BCUT2D eigenvalue weighted by Crippen LogP contribution is 2.46. The Morgan fingerprint density at radius 1 is 0.784 bits per heavy atom. The average molecular weight is 521 g/mol. The number of hydrogen-bond donors (Lipinski definition) is 0. The van der Waals surface area contributed by atoms with E-state index in [9.17, 15) is 17.6 Å². The molecule has 0 bridgehead atoms. The van der Waals surface area contributed by atoms with Crippen molar-refractivity contribution in [3.8, 4) is 22.6 Å². The lowest BCUT2D eigenvalue weighted by Crippen LogP contribution is -2.17. The second-order valence-corrected chi connectivity index (χ2v) is 9.88. The van der Waals surface area contributed by atoms with Gasteiger partial charge in [0.15, 0.2) is 40.7 Å². The van der Waals surface area contributed by atoms with Crippen LogP contribution in [-0.4, -0.2) is 0 Å². The van der Waals surface area contributed by atoms with Gasteiger partial charge in [-0.3, -0.25) is 0 Å². The Kier molecular flexibility index (Phi) is 8.50. The van der Waals surface area contributed by atoms with Crippen LogP contribution >= 0.6 is 0 Å². The third-order valence-electron chi connectivity index (χ3n) is 7.40. The summed E-state index contributed by atoms with van der Waals surface area (Å²) in [6.07, 6.45) is 7.29. The molecule has 0 aromatic heterocycles. The highest BCUT2D eigenvalue weighted by molar-refractivity contribution is 5.71. The molecule has 0 saturated heterocycles. The molecule has 1 aliphatic carbocycles. The maximum absolute atomic E-state index is 15.4. The number of benzene rings is 3. The third kappa shape index (κ3) is 5.65. The van der Waals surface area contributed by atoms with E-state index < -0.39 is 52.1 Å². The van der Waals surface area contributed by atoms with Crippen LogP contribution in [0.4, 0.5) is 26.3 Å². The van der Waals surface area contributed by atoms with Crippen molar-refractivity contribution < 1.29 is 31.1 Å². The summed E-state index contributed by atoms with van der Waals surface area (Å²) < 4.78 is 92.7. The molecular formula is C30H30F6O. The molecule has 1 aliphatic rings. The molecule has 0 unspecified atom stereocenters. The lowest BCUT2D eigenvalue weighted by Gasteiger charge is -2.30. The fourth-order valence-electron chi connectivity index (χ4n) is 5.27. The van der Waals surface area contributed by atoms with E-state index in [-0.39, 0.29) is 22.4 Å². The van der Waals surface area contributed by atoms with Crippen LogP contribution in [0.25, 0.3) is 11.1 Å². The van der Waals surface area contributed by atoms with Gasteiger partial charge in [-0.1, -0.05) is 50.8 Å². The minimum Gasteiger partial charge on any atom is -0.453 e. The molecule has 0 atom stereocenters.